The Morgan fingerprint density at radius 3 is 2.09 bits per heavy atom. The third-order valence-electron chi connectivity index (χ3n) is 3.32. The molecule has 2 aromatic carbocycles. The quantitative estimate of drug-likeness (QED) is 0.886. The fourth-order valence-corrected chi connectivity index (χ4v) is 2.06. The van der Waals surface area contributed by atoms with Gasteiger partial charge in [0.25, 0.3) is 5.91 Å². The Balaban J connectivity index is 2.39. The number of carbonyl (C=O) groups excluding carboxylic acids is 1. The van der Waals surface area contributed by atoms with Gasteiger partial charge in [-0.1, -0.05) is 17.7 Å². The van der Waals surface area contributed by atoms with Gasteiger partial charge in [-0.05, 0) is 19.1 Å². The van der Waals surface area contributed by atoms with Gasteiger partial charge in [-0.15, -0.1) is 0 Å². The highest BCUT2D eigenvalue weighted by Crippen LogP contribution is 2.33. The molecule has 0 heterocycles. The standard InChI is InChI=1S/C17H17NO5/c1-10-4-6-11(7-5-10)16(19)18-13-9-15(23-3)14(22-2)8-12(13)17(20)21/h4-9H,1-3H3,(H,18,19)(H,20,21). The maximum absolute atomic E-state index is 12.3. The third-order valence-corrected chi connectivity index (χ3v) is 3.32. The number of carboxylic acids is 1. The highest BCUT2D eigenvalue weighted by atomic mass is 16.5. The van der Waals surface area contributed by atoms with Gasteiger partial charge in [0, 0.05) is 17.7 Å². The van der Waals surface area contributed by atoms with Crippen LogP contribution in [0.15, 0.2) is 36.4 Å². The first kappa shape index (κ1) is 16.4. The van der Waals surface area contributed by atoms with Crippen LogP contribution in [-0.4, -0.2) is 31.2 Å². The number of ether oxygens (including phenoxy) is 2. The second kappa shape index (κ2) is 6.83. The Bertz CT molecular complexity index is 737. The van der Waals surface area contributed by atoms with Crippen LogP contribution >= 0.6 is 0 Å². The zero-order valence-electron chi connectivity index (χ0n) is 13.0. The lowest BCUT2D eigenvalue weighted by Crippen LogP contribution is -2.15. The summed E-state index contributed by atoms with van der Waals surface area (Å²) >= 11 is 0. The highest BCUT2D eigenvalue weighted by Gasteiger charge is 2.18. The zero-order chi connectivity index (χ0) is 17.0. The number of hydrogen-bond acceptors (Lipinski definition) is 4. The number of anilines is 1. The van der Waals surface area contributed by atoms with Crippen molar-refractivity contribution in [3.05, 3.63) is 53.1 Å². The van der Waals surface area contributed by atoms with E-state index in [1.165, 1.54) is 26.4 Å². The van der Waals surface area contributed by atoms with E-state index in [0.717, 1.165) is 5.56 Å². The normalized spacial score (nSPS) is 10.0. The van der Waals surface area contributed by atoms with Crippen LogP contribution in [0.3, 0.4) is 0 Å². The molecule has 120 valence electrons. The number of aromatic carboxylic acids is 1. The van der Waals surface area contributed by atoms with Gasteiger partial charge in [-0.3, -0.25) is 4.79 Å². The van der Waals surface area contributed by atoms with Crippen LogP contribution in [0.25, 0.3) is 0 Å². The van der Waals surface area contributed by atoms with E-state index in [9.17, 15) is 14.7 Å². The minimum atomic E-state index is -1.18. The molecule has 6 heteroatoms. The molecule has 0 saturated carbocycles. The van der Waals surface area contributed by atoms with Gasteiger partial charge in [0.05, 0.1) is 25.5 Å². The minimum Gasteiger partial charge on any atom is -0.493 e. The lowest BCUT2D eigenvalue weighted by atomic mass is 10.1. The van der Waals surface area contributed by atoms with E-state index >= 15 is 0 Å². The molecule has 0 atom stereocenters. The van der Waals surface area contributed by atoms with Crippen LogP contribution in [-0.2, 0) is 0 Å². The van der Waals surface area contributed by atoms with E-state index in [2.05, 4.69) is 5.32 Å². The van der Waals surface area contributed by atoms with Crippen molar-refractivity contribution in [3.8, 4) is 11.5 Å². The average molecular weight is 315 g/mol. The van der Waals surface area contributed by atoms with Crippen molar-refractivity contribution < 1.29 is 24.2 Å². The summed E-state index contributed by atoms with van der Waals surface area (Å²) in [6.07, 6.45) is 0. The number of nitrogens with one attached hydrogen (secondary N) is 1. The summed E-state index contributed by atoms with van der Waals surface area (Å²) in [6.45, 7) is 1.92. The summed E-state index contributed by atoms with van der Waals surface area (Å²) in [4.78, 5) is 23.7. The molecule has 0 aliphatic carbocycles. The molecule has 0 unspecified atom stereocenters. The topological polar surface area (TPSA) is 84.9 Å². The van der Waals surface area contributed by atoms with Crippen molar-refractivity contribution in [2.45, 2.75) is 6.92 Å². The Hall–Kier alpha value is -3.02. The molecule has 23 heavy (non-hydrogen) atoms. The SMILES string of the molecule is COc1cc(NC(=O)c2ccc(C)cc2)c(C(=O)O)cc1OC. The summed E-state index contributed by atoms with van der Waals surface area (Å²) in [5.41, 5.74) is 1.52. The molecule has 6 nitrogen and oxygen atoms in total. The van der Waals surface area contributed by atoms with Crippen LogP contribution in [0.5, 0.6) is 11.5 Å². The Kier molecular flexibility index (Phi) is 4.85. The van der Waals surface area contributed by atoms with Gasteiger partial charge in [-0.2, -0.15) is 0 Å². The molecule has 0 spiro atoms. The summed E-state index contributed by atoms with van der Waals surface area (Å²) in [5.74, 6) is -0.972. The number of methoxy groups -OCH3 is 2. The van der Waals surface area contributed by atoms with E-state index < -0.39 is 11.9 Å². The predicted molar refractivity (Wildman–Crippen MR) is 85.6 cm³/mol. The first-order valence-corrected chi connectivity index (χ1v) is 6.83. The first-order chi connectivity index (χ1) is 11.0. The lowest BCUT2D eigenvalue weighted by molar-refractivity contribution is 0.0697. The molecule has 0 saturated heterocycles. The monoisotopic (exact) mass is 315 g/mol. The maximum Gasteiger partial charge on any atom is 0.337 e. The smallest absolute Gasteiger partial charge is 0.337 e. The predicted octanol–water partition coefficient (Wildman–Crippen LogP) is 2.96. The summed E-state index contributed by atoms with van der Waals surface area (Å²) < 4.78 is 10.2. The number of hydrogen-bond donors (Lipinski definition) is 2. The minimum absolute atomic E-state index is 0.0805. The number of rotatable bonds is 5. The Morgan fingerprint density at radius 1 is 1.00 bits per heavy atom. The van der Waals surface area contributed by atoms with E-state index in [1.807, 2.05) is 19.1 Å². The molecule has 0 aromatic heterocycles. The van der Waals surface area contributed by atoms with Crippen molar-refractivity contribution in [2.75, 3.05) is 19.5 Å². The van der Waals surface area contributed by atoms with Gasteiger partial charge in [0.1, 0.15) is 0 Å². The van der Waals surface area contributed by atoms with Crippen molar-refractivity contribution in [1.82, 2.24) is 0 Å². The largest absolute Gasteiger partial charge is 0.493 e. The Labute approximate surface area is 133 Å². The summed E-state index contributed by atoms with van der Waals surface area (Å²) in [7, 11) is 2.85. The van der Waals surface area contributed by atoms with Gasteiger partial charge >= 0.3 is 5.97 Å². The number of carboxylic acid groups (broad SMARTS) is 1. The molecule has 0 aliphatic heterocycles. The molecule has 0 aliphatic rings. The molecular weight excluding hydrogens is 298 g/mol. The van der Waals surface area contributed by atoms with Gasteiger partial charge in [-0.25, -0.2) is 4.79 Å². The van der Waals surface area contributed by atoms with E-state index in [0.29, 0.717) is 11.3 Å². The number of amides is 1. The summed E-state index contributed by atoms with van der Waals surface area (Å²) in [6, 6.07) is 9.70. The molecule has 0 radical (unpaired) electrons. The molecule has 0 bridgehead atoms. The lowest BCUT2D eigenvalue weighted by Gasteiger charge is -2.13. The number of carbonyl (C=O) groups is 2. The van der Waals surface area contributed by atoms with E-state index in [1.54, 1.807) is 12.1 Å². The molecular formula is C17H17NO5. The Morgan fingerprint density at radius 2 is 1.57 bits per heavy atom. The fraction of sp³-hybridized carbons (Fsp3) is 0.176. The second-order valence-corrected chi connectivity index (χ2v) is 4.88. The fourth-order valence-electron chi connectivity index (χ4n) is 2.06. The van der Waals surface area contributed by atoms with Crippen LogP contribution in [0.4, 0.5) is 5.69 Å². The molecule has 2 rings (SSSR count). The zero-order valence-corrected chi connectivity index (χ0v) is 13.0. The van der Waals surface area contributed by atoms with E-state index in [-0.39, 0.29) is 17.0 Å². The molecule has 2 N–H and O–H groups in total. The molecule has 1 amide bonds. The number of benzene rings is 2. The average Bonchev–Trinajstić information content (AvgIpc) is 2.54. The molecule has 2 aromatic rings. The first-order valence-electron chi connectivity index (χ1n) is 6.83. The van der Waals surface area contributed by atoms with Crippen LogP contribution < -0.4 is 14.8 Å². The van der Waals surface area contributed by atoms with Crippen molar-refractivity contribution in [2.24, 2.45) is 0 Å². The number of aryl methyl sites for hydroxylation is 1. The summed E-state index contributed by atoms with van der Waals surface area (Å²) in [5, 5.41) is 11.9. The third kappa shape index (κ3) is 3.60. The van der Waals surface area contributed by atoms with E-state index in [4.69, 9.17) is 9.47 Å². The second-order valence-electron chi connectivity index (χ2n) is 4.88. The van der Waals surface area contributed by atoms with Crippen LogP contribution in [0.2, 0.25) is 0 Å². The molecule has 0 fully saturated rings. The highest BCUT2D eigenvalue weighted by molar-refractivity contribution is 6.08. The van der Waals surface area contributed by atoms with Crippen molar-refractivity contribution in [1.29, 1.82) is 0 Å². The van der Waals surface area contributed by atoms with Crippen LogP contribution in [0, 0.1) is 6.92 Å². The van der Waals surface area contributed by atoms with Gasteiger partial charge in [0.15, 0.2) is 11.5 Å². The van der Waals surface area contributed by atoms with Gasteiger partial charge in [0.2, 0.25) is 0 Å². The van der Waals surface area contributed by atoms with Crippen molar-refractivity contribution >= 4 is 17.6 Å². The maximum atomic E-state index is 12.3. The van der Waals surface area contributed by atoms with Gasteiger partial charge < -0.3 is 19.9 Å². The van der Waals surface area contributed by atoms with Crippen LogP contribution in [0.1, 0.15) is 26.3 Å². The van der Waals surface area contributed by atoms with Crippen molar-refractivity contribution in [3.63, 3.8) is 0 Å².